The van der Waals surface area contributed by atoms with Gasteiger partial charge in [0.25, 0.3) is 0 Å². The zero-order chi connectivity index (χ0) is 18.4. The molecule has 1 aromatic heterocycles. The first-order valence-corrected chi connectivity index (χ1v) is 8.89. The Bertz CT molecular complexity index is 766. The molecule has 0 spiro atoms. The predicted molar refractivity (Wildman–Crippen MR) is 96.5 cm³/mol. The first-order valence-electron chi connectivity index (χ1n) is 8.89. The predicted octanol–water partition coefficient (Wildman–Crippen LogP) is 3.11. The van der Waals surface area contributed by atoms with Crippen LogP contribution in [0.15, 0.2) is 36.5 Å². The molecule has 1 aliphatic rings. The summed E-state index contributed by atoms with van der Waals surface area (Å²) in [5.74, 6) is -0.476. The number of carbonyl (C=O) groups excluding carboxylic acids is 1. The third-order valence-corrected chi connectivity index (χ3v) is 4.59. The van der Waals surface area contributed by atoms with Crippen molar-refractivity contribution in [1.29, 1.82) is 0 Å². The van der Waals surface area contributed by atoms with Gasteiger partial charge in [-0.25, -0.2) is 9.48 Å². The number of hydrogen-bond donors (Lipinski definition) is 2. The largest absolute Gasteiger partial charge is 0.476 e. The number of ether oxygens (including phenoxy) is 1. The lowest BCUT2D eigenvalue weighted by Gasteiger charge is -2.21. The molecule has 1 aliphatic heterocycles. The number of para-hydroxylation sites is 2. The SMILES string of the molecule is O=C(CCCC1CCOCC1)Nc1ccccc1-n1ccc(C(=O)O)n1. The van der Waals surface area contributed by atoms with Crippen LogP contribution in [0.5, 0.6) is 0 Å². The lowest BCUT2D eigenvalue weighted by molar-refractivity contribution is -0.116. The minimum Gasteiger partial charge on any atom is -0.476 e. The third-order valence-electron chi connectivity index (χ3n) is 4.59. The molecule has 26 heavy (non-hydrogen) atoms. The number of carboxylic acid groups (broad SMARTS) is 1. The molecule has 1 saturated heterocycles. The molecule has 0 radical (unpaired) electrons. The van der Waals surface area contributed by atoms with Crippen molar-refractivity contribution in [2.24, 2.45) is 5.92 Å². The summed E-state index contributed by atoms with van der Waals surface area (Å²) < 4.78 is 6.81. The van der Waals surface area contributed by atoms with E-state index in [9.17, 15) is 9.59 Å². The maximum Gasteiger partial charge on any atom is 0.356 e. The van der Waals surface area contributed by atoms with E-state index in [1.165, 1.54) is 10.7 Å². The molecular weight excluding hydrogens is 334 g/mol. The van der Waals surface area contributed by atoms with Gasteiger partial charge in [-0.05, 0) is 49.8 Å². The van der Waals surface area contributed by atoms with Crippen molar-refractivity contribution in [3.05, 3.63) is 42.2 Å². The zero-order valence-electron chi connectivity index (χ0n) is 14.6. The fourth-order valence-corrected chi connectivity index (χ4v) is 3.15. The minimum atomic E-state index is -1.08. The monoisotopic (exact) mass is 357 g/mol. The van der Waals surface area contributed by atoms with Gasteiger partial charge in [0.1, 0.15) is 0 Å². The van der Waals surface area contributed by atoms with Crippen LogP contribution in [0.4, 0.5) is 5.69 Å². The second-order valence-electron chi connectivity index (χ2n) is 6.46. The standard InChI is InChI=1S/C19H23N3O4/c23-18(7-3-4-14-9-12-26-13-10-14)20-15-5-1-2-6-17(15)22-11-8-16(21-22)19(24)25/h1-2,5-6,8,11,14H,3-4,7,9-10,12-13H2,(H,20,23)(H,24,25). The highest BCUT2D eigenvalue weighted by Gasteiger charge is 2.15. The second-order valence-corrected chi connectivity index (χ2v) is 6.46. The van der Waals surface area contributed by atoms with E-state index in [2.05, 4.69) is 10.4 Å². The highest BCUT2D eigenvalue weighted by molar-refractivity contribution is 5.92. The Labute approximate surface area is 152 Å². The van der Waals surface area contributed by atoms with E-state index in [1.54, 1.807) is 18.3 Å². The van der Waals surface area contributed by atoms with E-state index in [4.69, 9.17) is 9.84 Å². The average Bonchev–Trinajstić information content (AvgIpc) is 3.13. The minimum absolute atomic E-state index is 0.0393. The number of aromatic nitrogens is 2. The highest BCUT2D eigenvalue weighted by atomic mass is 16.5. The quantitative estimate of drug-likeness (QED) is 0.794. The van der Waals surface area contributed by atoms with Crippen LogP contribution in [0.25, 0.3) is 5.69 Å². The summed E-state index contributed by atoms with van der Waals surface area (Å²) in [5.41, 5.74) is 1.21. The summed E-state index contributed by atoms with van der Waals surface area (Å²) in [6.45, 7) is 1.65. The Kier molecular flexibility index (Phi) is 6.01. The fourth-order valence-electron chi connectivity index (χ4n) is 3.15. The van der Waals surface area contributed by atoms with Crippen LogP contribution in [-0.2, 0) is 9.53 Å². The van der Waals surface area contributed by atoms with Crippen molar-refractivity contribution in [3.8, 4) is 5.69 Å². The number of hydrogen-bond acceptors (Lipinski definition) is 4. The fraction of sp³-hybridized carbons (Fsp3) is 0.421. The van der Waals surface area contributed by atoms with Crippen molar-refractivity contribution < 1.29 is 19.4 Å². The maximum absolute atomic E-state index is 12.3. The van der Waals surface area contributed by atoms with Gasteiger partial charge >= 0.3 is 5.97 Å². The number of rotatable bonds is 7. The molecule has 3 rings (SSSR count). The van der Waals surface area contributed by atoms with E-state index < -0.39 is 5.97 Å². The van der Waals surface area contributed by atoms with Crippen LogP contribution < -0.4 is 5.32 Å². The summed E-state index contributed by atoms with van der Waals surface area (Å²) in [7, 11) is 0. The summed E-state index contributed by atoms with van der Waals surface area (Å²) in [4.78, 5) is 23.3. The van der Waals surface area contributed by atoms with Gasteiger partial charge in [0.2, 0.25) is 5.91 Å². The van der Waals surface area contributed by atoms with Crippen LogP contribution in [0.1, 0.15) is 42.6 Å². The smallest absolute Gasteiger partial charge is 0.356 e. The Hall–Kier alpha value is -2.67. The molecule has 1 fully saturated rings. The normalized spacial score (nSPS) is 14.9. The molecule has 0 atom stereocenters. The van der Waals surface area contributed by atoms with Crippen LogP contribution in [0.3, 0.4) is 0 Å². The van der Waals surface area contributed by atoms with E-state index >= 15 is 0 Å². The van der Waals surface area contributed by atoms with Crippen molar-refractivity contribution in [1.82, 2.24) is 9.78 Å². The molecule has 0 aliphatic carbocycles. The number of nitrogens with zero attached hydrogens (tertiary/aromatic N) is 2. The number of carboxylic acids is 1. The molecule has 2 heterocycles. The Morgan fingerprint density at radius 3 is 2.73 bits per heavy atom. The number of benzene rings is 1. The van der Waals surface area contributed by atoms with Gasteiger partial charge in [0, 0.05) is 25.8 Å². The number of aromatic carboxylic acids is 1. The molecule has 7 nitrogen and oxygen atoms in total. The van der Waals surface area contributed by atoms with Crippen LogP contribution in [-0.4, -0.2) is 40.0 Å². The van der Waals surface area contributed by atoms with Crippen molar-refractivity contribution in [2.45, 2.75) is 32.1 Å². The highest BCUT2D eigenvalue weighted by Crippen LogP contribution is 2.22. The van der Waals surface area contributed by atoms with E-state index in [1.807, 2.05) is 12.1 Å². The molecule has 1 aromatic carbocycles. The number of amides is 1. The second kappa shape index (κ2) is 8.62. The lowest BCUT2D eigenvalue weighted by Crippen LogP contribution is -2.17. The van der Waals surface area contributed by atoms with Gasteiger partial charge in [-0.15, -0.1) is 0 Å². The van der Waals surface area contributed by atoms with Crippen LogP contribution in [0, 0.1) is 5.92 Å². The summed E-state index contributed by atoms with van der Waals surface area (Å²) in [6, 6.07) is 8.64. The molecule has 7 heteroatoms. The van der Waals surface area contributed by atoms with Gasteiger partial charge in [0.05, 0.1) is 11.4 Å². The first-order chi connectivity index (χ1) is 12.6. The Balaban J connectivity index is 1.58. The summed E-state index contributed by atoms with van der Waals surface area (Å²) in [5, 5.41) is 15.9. The van der Waals surface area contributed by atoms with E-state index in [-0.39, 0.29) is 11.6 Å². The van der Waals surface area contributed by atoms with Gasteiger partial charge in [-0.3, -0.25) is 4.79 Å². The van der Waals surface area contributed by atoms with E-state index in [0.29, 0.717) is 23.7 Å². The summed E-state index contributed by atoms with van der Waals surface area (Å²) >= 11 is 0. The molecule has 0 bridgehead atoms. The van der Waals surface area contributed by atoms with E-state index in [0.717, 1.165) is 38.9 Å². The molecule has 0 unspecified atom stereocenters. The average molecular weight is 357 g/mol. The third kappa shape index (κ3) is 4.70. The number of anilines is 1. The topological polar surface area (TPSA) is 93.5 Å². The van der Waals surface area contributed by atoms with Gasteiger partial charge in [-0.1, -0.05) is 12.1 Å². The lowest BCUT2D eigenvalue weighted by atomic mass is 9.94. The molecular formula is C19H23N3O4. The van der Waals surface area contributed by atoms with Gasteiger partial charge < -0.3 is 15.2 Å². The first kappa shape index (κ1) is 18.1. The van der Waals surface area contributed by atoms with Crippen molar-refractivity contribution in [3.63, 3.8) is 0 Å². The molecule has 0 saturated carbocycles. The maximum atomic E-state index is 12.3. The Morgan fingerprint density at radius 1 is 1.23 bits per heavy atom. The van der Waals surface area contributed by atoms with Gasteiger partial charge in [-0.2, -0.15) is 5.10 Å². The number of carbonyl (C=O) groups is 2. The van der Waals surface area contributed by atoms with Crippen LogP contribution in [0.2, 0.25) is 0 Å². The molecule has 138 valence electrons. The zero-order valence-corrected chi connectivity index (χ0v) is 14.6. The van der Waals surface area contributed by atoms with Crippen LogP contribution >= 0.6 is 0 Å². The molecule has 2 N–H and O–H groups in total. The molecule has 1 amide bonds. The van der Waals surface area contributed by atoms with Crippen molar-refractivity contribution in [2.75, 3.05) is 18.5 Å². The van der Waals surface area contributed by atoms with Crippen molar-refractivity contribution >= 4 is 17.6 Å². The number of nitrogens with one attached hydrogen (secondary N) is 1. The summed E-state index contributed by atoms with van der Waals surface area (Å²) in [6.07, 6.45) is 6.08. The van der Waals surface area contributed by atoms with Gasteiger partial charge in [0.15, 0.2) is 5.69 Å². The molecule has 2 aromatic rings. The Morgan fingerprint density at radius 2 is 2.00 bits per heavy atom.